The fraction of sp³-hybridized carbons (Fsp3) is 0. The van der Waals surface area contributed by atoms with Crippen molar-refractivity contribution in [2.75, 3.05) is 0 Å². The first-order valence-corrected chi connectivity index (χ1v) is 5.48. The van der Waals surface area contributed by atoms with Gasteiger partial charge in [-0.2, -0.15) is 0 Å². The molecule has 1 aromatic carbocycles. The predicted molar refractivity (Wildman–Crippen MR) is 64.3 cm³/mol. The van der Waals surface area contributed by atoms with Gasteiger partial charge in [-0.25, -0.2) is 13.8 Å². The number of rotatable bonds is 1. The van der Waals surface area contributed by atoms with Crippen LogP contribution in [0, 0.1) is 11.6 Å². The summed E-state index contributed by atoms with van der Waals surface area (Å²) in [7, 11) is 0. The summed E-state index contributed by atoms with van der Waals surface area (Å²) in [4.78, 5) is 10.8. The SMILES string of the molecule is Fc1ccc2[nH]c(-c3ccncc3Cl)nc2c1F. The Morgan fingerprint density at radius 3 is 2.78 bits per heavy atom. The fourth-order valence-electron chi connectivity index (χ4n) is 1.71. The van der Waals surface area contributed by atoms with E-state index in [1.807, 2.05) is 0 Å². The third kappa shape index (κ3) is 1.64. The zero-order valence-corrected chi connectivity index (χ0v) is 9.67. The van der Waals surface area contributed by atoms with Crippen molar-refractivity contribution in [3.8, 4) is 11.4 Å². The largest absolute Gasteiger partial charge is 0.338 e. The lowest BCUT2D eigenvalue weighted by Gasteiger charge is -1.97. The molecule has 0 aliphatic heterocycles. The van der Waals surface area contributed by atoms with Crippen molar-refractivity contribution in [1.82, 2.24) is 15.0 Å². The lowest BCUT2D eigenvalue weighted by atomic mass is 10.2. The average Bonchev–Trinajstić information content (AvgIpc) is 2.79. The molecule has 0 saturated carbocycles. The van der Waals surface area contributed by atoms with E-state index in [4.69, 9.17) is 11.6 Å². The molecule has 3 rings (SSSR count). The number of fused-ring (bicyclic) bond motifs is 1. The van der Waals surface area contributed by atoms with Gasteiger partial charge in [0.1, 0.15) is 11.3 Å². The second-order valence-electron chi connectivity index (χ2n) is 3.70. The van der Waals surface area contributed by atoms with Crippen LogP contribution in [0.2, 0.25) is 5.02 Å². The molecule has 3 aromatic rings. The molecule has 0 unspecified atom stereocenters. The Kier molecular flexibility index (Phi) is 2.48. The lowest BCUT2D eigenvalue weighted by Crippen LogP contribution is -1.85. The van der Waals surface area contributed by atoms with Gasteiger partial charge in [0.05, 0.1) is 10.5 Å². The number of aromatic nitrogens is 3. The molecule has 18 heavy (non-hydrogen) atoms. The van der Waals surface area contributed by atoms with E-state index in [0.29, 0.717) is 21.9 Å². The van der Waals surface area contributed by atoms with Crippen LogP contribution in [0.1, 0.15) is 0 Å². The van der Waals surface area contributed by atoms with Gasteiger partial charge in [-0.3, -0.25) is 4.98 Å². The van der Waals surface area contributed by atoms with Gasteiger partial charge in [0, 0.05) is 18.0 Å². The monoisotopic (exact) mass is 265 g/mol. The third-order valence-corrected chi connectivity index (χ3v) is 2.87. The maximum atomic E-state index is 13.5. The number of hydrogen-bond acceptors (Lipinski definition) is 2. The summed E-state index contributed by atoms with van der Waals surface area (Å²) >= 11 is 5.97. The van der Waals surface area contributed by atoms with E-state index >= 15 is 0 Å². The second kappa shape index (κ2) is 4.03. The van der Waals surface area contributed by atoms with Gasteiger partial charge in [0.25, 0.3) is 0 Å². The van der Waals surface area contributed by atoms with Crippen molar-refractivity contribution in [2.24, 2.45) is 0 Å². The molecule has 0 saturated heterocycles. The van der Waals surface area contributed by atoms with E-state index in [1.165, 1.54) is 12.3 Å². The first-order valence-electron chi connectivity index (χ1n) is 5.10. The average molecular weight is 266 g/mol. The molecular formula is C12H6ClF2N3. The molecular weight excluding hydrogens is 260 g/mol. The Labute approximate surface area is 105 Å². The quantitative estimate of drug-likeness (QED) is 0.731. The minimum absolute atomic E-state index is 0.0436. The van der Waals surface area contributed by atoms with Crippen molar-refractivity contribution < 1.29 is 8.78 Å². The maximum Gasteiger partial charge on any atom is 0.186 e. The van der Waals surface area contributed by atoms with Gasteiger partial charge < -0.3 is 4.98 Å². The van der Waals surface area contributed by atoms with Gasteiger partial charge in [0.15, 0.2) is 11.6 Å². The number of pyridine rings is 1. The summed E-state index contributed by atoms with van der Waals surface area (Å²) in [5.74, 6) is -1.52. The Hall–Kier alpha value is -2.01. The lowest BCUT2D eigenvalue weighted by molar-refractivity contribution is 0.515. The summed E-state index contributed by atoms with van der Waals surface area (Å²) in [6.07, 6.45) is 3.01. The normalized spacial score (nSPS) is 11.1. The topological polar surface area (TPSA) is 41.6 Å². The van der Waals surface area contributed by atoms with Crippen molar-refractivity contribution in [3.63, 3.8) is 0 Å². The number of nitrogens with zero attached hydrogens (tertiary/aromatic N) is 2. The zero-order chi connectivity index (χ0) is 12.7. The minimum atomic E-state index is -0.972. The molecule has 6 heteroatoms. The Morgan fingerprint density at radius 1 is 1.17 bits per heavy atom. The van der Waals surface area contributed by atoms with E-state index < -0.39 is 11.6 Å². The van der Waals surface area contributed by atoms with E-state index in [0.717, 1.165) is 6.07 Å². The highest BCUT2D eigenvalue weighted by Gasteiger charge is 2.14. The van der Waals surface area contributed by atoms with Crippen LogP contribution in [0.4, 0.5) is 8.78 Å². The van der Waals surface area contributed by atoms with Crippen LogP contribution in [0.3, 0.4) is 0 Å². The Bertz CT molecular complexity index is 739. The Balaban J connectivity index is 2.26. The Morgan fingerprint density at radius 2 is 2.00 bits per heavy atom. The van der Waals surface area contributed by atoms with Crippen LogP contribution < -0.4 is 0 Å². The third-order valence-electron chi connectivity index (χ3n) is 2.57. The molecule has 0 bridgehead atoms. The van der Waals surface area contributed by atoms with Gasteiger partial charge in [0.2, 0.25) is 0 Å². The van der Waals surface area contributed by atoms with Crippen LogP contribution in [-0.2, 0) is 0 Å². The molecule has 0 spiro atoms. The summed E-state index contributed by atoms with van der Waals surface area (Å²) in [5, 5.41) is 0.387. The van der Waals surface area contributed by atoms with Crippen LogP contribution >= 0.6 is 11.6 Å². The van der Waals surface area contributed by atoms with E-state index in [9.17, 15) is 8.78 Å². The summed E-state index contributed by atoms with van der Waals surface area (Å²) in [5.41, 5.74) is 0.956. The number of imidazole rings is 1. The molecule has 90 valence electrons. The summed E-state index contributed by atoms with van der Waals surface area (Å²) < 4.78 is 26.6. The molecule has 0 amide bonds. The molecule has 2 aromatic heterocycles. The van der Waals surface area contributed by atoms with Gasteiger partial charge in [-0.1, -0.05) is 11.6 Å². The molecule has 0 radical (unpaired) electrons. The first-order chi connectivity index (χ1) is 8.66. The van der Waals surface area contributed by atoms with Gasteiger partial charge in [-0.05, 0) is 18.2 Å². The molecule has 2 heterocycles. The first kappa shape index (κ1) is 11.1. The number of hydrogen-bond donors (Lipinski definition) is 1. The molecule has 0 aliphatic rings. The van der Waals surface area contributed by atoms with Crippen molar-refractivity contribution in [3.05, 3.63) is 47.2 Å². The standard InChI is InChI=1S/C12H6ClF2N3/c13-7-5-16-4-3-6(7)12-17-9-2-1-8(14)10(15)11(9)18-12/h1-5H,(H,17,18). The van der Waals surface area contributed by atoms with Crippen molar-refractivity contribution in [2.45, 2.75) is 0 Å². The summed E-state index contributed by atoms with van der Waals surface area (Å²) in [6.45, 7) is 0. The van der Waals surface area contributed by atoms with E-state index in [1.54, 1.807) is 12.3 Å². The van der Waals surface area contributed by atoms with Crippen LogP contribution in [0.25, 0.3) is 22.4 Å². The molecule has 0 atom stereocenters. The molecule has 0 aliphatic carbocycles. The minimum Gasteiger partial charge on any atom is -0.338 e. The van der Waals surface area contributed by atoms with Gasteiger partial charge >= 0.3 is 0 Å². The van der Waals surface area contributed by atoms with Gasteiger partial charge in [-0.15, -0.1) is 0 Å². The maximum absolute atomic E-state index is 13.5. The number of H-pyrrole nitrogens is 1. The highest BCUT2D eigenvalue weighted by molar-refractivity contribution is 6.33. The second-order valence-corrected chi connectivity index (χ2v) is 4.11. The van der Waals surface area contributed by atoms with Crippen LogP contribution in [0.15, 0.2) is 30.6 Å². The molecule has 1 N–H and O–H groups in total. The highest BCUT2D eigenvalue weighted by Crippen LogP contribution is 2.27. The van der Waals surface area contributed by atoms with Crippen LogP contribution in [0.5, 0.6) is 0 Å². The van der Waals surface area contributed by atoms with E-state index in [2.05, 4.69) is 15.0 Å². The van der Waals surface area contributed by atoms with Crippen LogP contribution in [-0.4, -0.2) is 15.0 Å². The number of aromatic amines is 1. The zero-order valence-electron chi connectivity index (χ0n) is 8.92. The number of halogens is 3. The summed E-state index contributed by atoms with van der Waals surface area (Å²) in [6, 6.07) is 4.13. The van der Waals surface area contributed by atoms with E-state index in [-0.39, 0.29) is 5.52 Å². The number of benzene rings is 1. The smallest absolute Gasteiger partial charge is 0.186 e. The predicted octanol–water partition coefficient (Wildman–Crippen LogP) is 3.56. The number of nitrogens with one attached hydrogen (secondary N) is 1. The molecule has 0 fully saturated rings. The fourth-order valence-corrected chi connectivity index (χ4v) is 1.92. The highest BCUT2D eigenvalue weighted by atomic mass is 35.5. The van der Waals surface area contributed by atoms with Crippen molar-refractivity contribution in [1.29, 1.82) is 0 Å². The van der Waals surface area contributed by atoms with Crippen molar-refractivity contribution >= 4 is 22.6 Å². The molecule has 3 nitrogen and oxygen atoms in total.